The number of ether oxygens (including phenoxy) is 3. The number of nitrogens with zero attached hydrogens (tertiary/aromatic N) is 2. The van der Waals surface area contributed by atoms with E-state index in [1.165, 1.54) is 5.57 Å². The van der Waals surface area contributed by atoms with Crippen LogP contribution in [0.3, 0.4) is 0 Å². The van der Waals surface area contributed by atoms with Gasteiger partial charge in [-0.25, -0.2) is 0 Å². The highest BCUT2D eigenvalue weighted by Crippen LogP contribution is 2.40. The summed E-state index contributed by atoms with van der Waals surface area (Å²) in [6.45, 7) is 15.2. The molecule has 2 aliphatic heterocycles. The third-order valence-electron chi connectivity index (χ3n) is 6.01. The second-order valence-electron chi connectivity index (χ2n) is 9.19. The van der Waals surface area contributed by atoms with Gasteiger partial charge < -0.3 is 14.2 Å². The second-order valence-corrected chi connectivity index (χ2v) is 9.19. The van der Waals surface area contributed by atoms with Crippen molar-refractivity contribution in [2.45, 2.75) is 45.3 Å². The van der Waals surface area contributed by atoms with Crippen LogP contribution in [0.15, 0.2) is 23.8 Å². The molecule has 0 spiro atoms. The lowest BCUT2D eigenvalue weighted by Crippen LogP contribution is -2.50. The van der Waals surface area contributed by atoms with Gasteiger partial charge >= 0.3 is 0 Å². The number of benzene rings is 1. The number of hydrogen-bond acceptors (Lipinski definition) is 6. The van der Waals surface area contributed by atoms with E-state index in [1.54, 1.807) is 21.3 Å². The summed E-state index contributed by atoms with van der Waals surface area (Å²) in [6, 6.07) is 4.03. The smallest absolute Gasteiger partial charge is 0.203 e. The number of nitrogens with one attached hydrogen (secondary N) is 1. The van der Waals surface area contributed by atoms with E-state index in [0.717, 1.165) is 50.6 Å². The normalized spacial score (nSPS) is 21.7. The molecule has 1 saturated heterocycles. The molecule has 162 valence electrons. The van der Waals surface area contributed by atoms with Crippen LogP contribution in [-0.4, -0.2) is 74.9 Å². The standard InChI is InChI=1S/C23H37N3O3/c1-22(2)14-18(23(3,4)24-22)16-26-12-10-25(11-13-26)15-17-8-9-19(27-5)21(29-7)20(17)28-6/h8-9,14,24H,10-13,15-16H2,1-7H3. The molecule has 29 heavy (non-hydrogen) atoms. The maximum absolute atomic E-state index is 5.65. The topological polar surface area (TPSA) is 46.2 Å². The van der Waals surface area contributed by atoms with Crippen LogP contribution in [-0.2, 0) is 6.54 Å². The molecule has 2 aliphatic rings. The zero-order chi connectivity index (χ0) is 21.2. The van der Waals surface area contributed by atoms with Crippen molar-refractivity contribution in [3.8, 4) is 17.2 Å². The first-order chi connectivity index (χ1) is 13.7. The Morgan fingerprint density at radius 2 is 1.41 bits per heavy atom. The summed E-state index contributed by atoms with van der Waals surface area (Å²) >= 11 is 0. The SMILES string of the molecule is COc1ccc(CN2CCN(CC3=CC(C)(C)NC3(C)C)CC2)c(OC)c1OC. The Morgan fingerprint density at radius 1 is 0.828 bits per heavy atom. The summed E-state index contributed by atoms with van der Waals surface area (Å²) in [4.78, 5) is 5.05. The summed E-state index contributed by atoms with van der Waals surface area (Å²) < 4.78 is 16.6. The Labute approximate surface area is 175 Å². The summed E-state index contributed by atoms with van der Waals surface area (Å²) in [5.41, 5.74) is 2.76. The minimum atomic E-state index is 0.0631. The first-order valence-electron chi connectivity index (χ1n) is 10.4. The molecule has 1 aromatic carbocycles. The van der Waals surface area contributed by atoms with Gasteiger partial charge in [-0.1, -0.05) is 12.1 Å². The van der Waals surface area contributed by atoms with Crippen LogP contribution < -0.4 is 19.5 Å². The van der Waals surface area contributed by atoms with E-state index in [1.807, 2.05) is 6.07 Å². The highest BCUT2D eigenvalue weighted by molar-refractivity contribution is 5.55. The molecule has 0 aliphatic carbocycles. The lowest BCUT2D eigenvalue weighted by atomic mass is 9.96. The van der Waals surface area contributed by atoms with Crippen molar-refractivity contribution in [1.29, 1.82) is 0 Å². The fourth-order valence-corrected chi connectivity index (χ4v) is 4.66. The molecule has 6 heteroatoms. The maximum atomic E-state index is 5.65. The van der Waals surface area contributed by atoms with E-state index in [2.05, 4.69) is 55.0 Å². The van der Waals surface area contributed by atoms with E-state index in [-0.39, 0.29) is 11.1 Å². The van der Waals surface area contributed by atoms with Crippen LogP contribution in [0.1, 0.15) is 33.3 Å². The van der Waals surface area contributed by atoms with E-state index >= 15 is 0 Å². The number of hydrogen-bond donors (Lipinski definition) is 1. The Hall–Kier alpha value is -1.76. The van der Waals surface area contributed by atoms with Gasteiger partial charge in [-0.2, -0.15) is 0 Å². The zero-order valence-corrected chi connectivity index (χ0v) is 19.1. The van der Waals surface area contributed by atoms with E-state index in [0.29, 0.717) is 11.5 Å². The average molecular weight is 404 g/mol. The molecule has 6 nitrogen and oxygen atoms in total. The van der Waals surface area contributed by atoms with E-state index in [4.69, 9.17) is 14.2 Å². The van der Waals surface area contributed by atoms with Crippen molar-refractivity contribution in [2.24, 2.45) is 0 Å². The molecular weight excluding hydrogens is 366 g/mol. The molecule has 0 saturated carbocycles. The van der Waals surface area contributed by atoms with Crippen LogP contribution in [0.4, 0.5) is 0 Å². The first kappa shape index (κ1) is 21.9. The van der Waals surface area contributed by atoms with Gasteiger partial charge in [0.05, 0.1) is 21.3 Å². The molecule has 0 atom stereocenters. The van der Waals surface area contributed by atoms with Gasteiger partial charge in [0.2, 0.25) is 5.75 Å². The van der Waals surface area contributed by atoms with Gasteiger partial charge in [0.25, 0.3) is 0 Å². The third kappa shape index (κ3) is 4.87. The van der Waals surface area contributed by atoms with Crippen molar-refractivity contribution < 1.29 is 14.2 Å². The monoisotopic (exact) mass is 403 g/mol. The minimum Gasteiger partial charge on any atom is -0.493 e. The van der Waals surface area contributed by atoms with Crippen molar-refractivity contribution >= 4 is 0 Å². The summed E-state index contributed by atoms with van der Waals surface area (Å²) in [7, 11) is 4.98. The van der Waals surface area contributed by atoms with Gasteiger partial charge in [-0.3, -0.25) is 15.1 Å². The van der Waals surface area contributed by atoms with Crippen LogP contribution in [0, 0.1) is 0 Å². The fraction of sp³-hybridized carbons (Fsp3) is 0.652. The third-order valence-corrected chi connectivity index (χ3v) is 6.01. The molecule has 0 aromatic heterocycles. The van der Waals surface area contributed by atoms with Crippen LogP contribution in [0.25, 0.3) is 0 Å². The largest absolute Gasteiger partial charge is 0.493 e. The van der Waals surface area contributed by atoms with Crippen molar-refractivity contribution in [1.82, 2.24) is 15.1 Å². The zero-order valence-electron chi connectivity index (χ0n) is 19.1. The number of piperazine rings is 1. The lowest BCUT2D eigenvalue weighted by Gasteiger charge is -2.37. The summed E-state index contributed by atoms with van der Waals surface area (Å²) in [6.07, 6.45) is 2.41. The molecule has 0 unspecified atom stereocenters. The minimum absolute atomic E-state index is 0.0631. The van der Waals surface area contributed by atoms with E-state index < -0.39 is 0 Å². The Balaban J connectivity index is 1.61. The molecule has 3 rings (SSSR count). The molecule has 1 fully saturated rings. The number of methoxy groups -OCH3 is 3. The Kier molecular flexibility index (Phi) is 6.46. The predicted octanol–water partition coefficient (Wildman–Crippen LogP) is 2.92. The van der Waals surface area contributed by atoms with Gasteiger partial charge in [-0.15, -0.1) is 0 Å². The summed E-state index contributed by atoms with van der Waals surface area (Å²) in [5.74, 6) is 2.12. The lowest BCUT2D eigenvalue weighted by molar-refractivity contribution is 0.131. The first-order valence-corrected chi connectivity index (χ1v) is 10.4. The quantitative estimate of drug-likeness (QED) is 0.707. The highest BCUT2D eigenvalue weighted by Gasteiger charge is 2.37. The van der Waals surface area contributed by atoms with Gasteiger partial charge in [0.15, 0.2) is 11.5 Å². The van der Waals surface area contributed by atoms with Gasteiger partial charge in [0, 0.05) is 55.9 Å². The molecule has 0 amide bonds. The van der Waals surface area contributed by atoms with Gasteiger partial charge in [-0.05, 0) is 39.3 Å². The molecule has 1 aromatic rings. The van der Waals surface area contributed by atoms with Crippen LogP contribution in [0.5, 0.6) is 17.2 Å². The maximum Gasteiger partial charge on any atom is 0.203 e. The van der Waals surface area contributed by atoms with Crippen LogP contribution >= 0.6 is 0 Å². The van der Waals surface area contributed by atoms with Crippen molar-refractivity contribution in [3.63, 3.8) is 0 Å². The second kappa shape index (κ2) is 8.54. The molecule has 0 bridgehead atoms. The number of rotatable bonds is 7. The summed E-state index contributed by atoms with van der Waals surface area (Å²) in [5, 5.41) is 3.72. The van der Waals surface area contributed by atoms with E-state index in [9.17, 15) is 0 Å². The van der Waals surface area contributed by atoms with Crippen molar-refractivity contribution in [2.75, 3.05) is 54.1 Å². The average Bonchev–Trinajstić information content (AvgIpc) is 2.88. The van der Waals surface area contributed by atoms with Crippen LogP contribution in [0.2, 0.25) is 0 Å². The van der Waals surface area contributed by atoms with Crippen molar-refractivity contribution in [3.05, 3.63) is 29.3 Å². The predicted molar refractivity (Wildman–Crippen MR) is 117 cm³/mol. The molecule has 0 radical (unpaired) electrons. The molecule has 2 heterocycles. The highest BCUT2D eigenvalue weighted by atomic mass is 16.5. The Morgan fingerprint density at radius 3 is 1.90 bits per heavy atom. The van der Waals surface area contributed by atoms with Gasteiger partial charge in [0.1, 0.15) is 0 Å². The molecular formula is C23H37N3O3. The Bertz CT molecular complexity index is 750. The fourth-order valence-electron chi connectivity index (χ4n) is 4.66. The molecule has 1 N–H and O–H groups in total.